The lowest BCUT2D eigenvalue weighted by atomic mass is 10.0. The molecule has 2 nitrogen and oxygen atoms in total. The molecular formula is C26H36N2. The zero-order valence-corrected chi connectivity index (χ0v) is 17.6. The van der Waals surface area contributed by atoms with Crippen LogP contribution in [0.1, 0.15) is 83.1 Å². The van der Waals surface area contributed by atoms with Crippen LogP contribution >= 0.6 is 0 Å². The van der Waals surface area contributed by atoms with Gasteiger partial charge in [-0.25, -0.2) is 0 Å². The molecule has 0 aliphatic carbocycles. The van der Waals surface area contributed by atoms with E-state index in [9.17, 15) is 0 Å². The van der Waals surface area contributed by atoms with Crippen molar-refractivity contribution in [3.8, 4) is 17.2 Å². The Kier molecular flexibility index (Phi) is 10.9. The molecule has 0 fully saturated rings. The highest BCUT2D eigenvalue weighted by atomic mass is 14.9. The molecule has 28 heavy (non-hydrogen) atoms. The maximum Gasteiger partial charge on any atom is 0.0991 e. The van der Waals surface area contributed by atoms with Crippen LogP contribution < -0.4 is 5.32 Å². The third kappa shape index (κ3) is 8.61. The molecule has 0 heterocycles. The van der Waals surface area contributed by atoms with E-state index in [2.05, 4.69) is 42.6 Å². The molecule has 0 radical (unpaired) electrons. The average Bonchev–Trinajstić information content (AvgIpc) is 2.75. The van der Waals surface area contributed by atoms with Crippen molar-refractivity contribution >= 4 is 5.69 Å². The van der Waals surface area contributed by atoms with E-state index < -0.39 is 0 Å². The lowest BCUT2D eigenvalue weighted by Crippen LogP contribution is -2.01. The third-order valence-electron chi connectivity index (χ3n) is 5.34. The fraction of sp³-hybridized carbons (Fsp3) is 0.500. The Morgan fingerprint density at radius 2 is 1.11 bits per heavy atom. The maximum absolute atomic E-state index is 8.89. The zero-order valence-electron chi connectivity index (χ0n) is 17.6. The largest absolute Gasteiger partial charge is 0.385 e. The molecule has 2 rings (SSSR count). The molecule has 0 saturated heterocycles. The first-order valence-corrected chi connectivity index (χ1v) is 11.2. The summed E-state index contributed by atoms with van der Waals surface area (Å²) in [6, 6.07) is 18.5. The first kappa shape index (κ1) is 22.0. The smallest absolute Gasteiger partial charge is 0.0991 e. The Morgan fingerprint density at radius 3 is 1.61 bits per heavy atom. The Hall–Kier alpha value is -2.27. The van der Waals surface area contributed by atoms with Crippen molar-refractivity contribution in [1.82, 2.24) is 0 Å². The Labute approximate surface area is 172 Å². The van der Waals surface area contributed by atoms with Crippen LogP contribution in [0.5, 0.6) is 0 Å². The minimum atomic E-state index is 0.703. The van der Waals surface area contributed by atoms with E-state index >= 15 is 0 Å². The molecule has 2 aromatic carbocycles. The molecule has 0 unspecified atom stereocenters. The number of hydrogen-bond donors (Lipinski definition) is 1. The van der Waals surface area contributed by atoms with Crippen molar-refractivity contribution < 1.29 is 0 Å². The van der Waals surface area contributed by atoms with Crippen molar-refractivity contribution in [2.24, 2.45) is 0 Å². The highest BCUT2D eigenvalue weighted by Crippen LogP contribution is 2.22. The normalized spacial score (nSPS) is 10.6. The average molecular weight is 377 g/mol. The van der Waals surface area contributed by atoms with Gasteiger partial charge in [0.2, 0.25) is 0 Å². The number of nitriles is 1. The van der Waals surface area contributed by atoms with E-state index in [0.29, 0.717) is 5.56 Å². The number of nitrogens with one attached hydrogen (secondary N) is 1. The van der Waals surface area contributed by atoms with Crippen molar-refractivity contribution in [3.63, 3.8) is 0 Å². The second-order valence-electron chi connectivity index (χ2n) is 7.73. The third-order valence-corrected chi connectivity index (χ3v) is 5.34. The Bertz CT molecular complexity index is 680. The van der Waals surface area contributed by atoms with Gasteiger partial charge in [-0.2, -0.15) is 5.26 Å². The summed E-state index contributed by atoms with van der Waals surface area (Å²) in [5.74, 6) is 0. The second kappa shape index (κ2) is 13.8. The van der Waals surface area contributed by atoms with Crippen molar-refractivity contribution in [1.29, 1.82) is 5.26 Å². The van der Waals surface area contributed by atoms with E-state index in [1.54, 1.807) is 0 Å². The number of rotatable bonds is 14. The number of nitrogens with zero attached hydrogens (tertiary/aromatic N) is 1. The Morgan fingerprint density at radius 1 is 0.643 bits per heavy atom. The molecule has 0 aliphatic heterocycles. The fourth-order valence-corrected chi connectivity index (χ4v) is 3.54. The van der Waals surface area contributed by atoms with E-state index in [-0.39, 0.29) is 0 Å². The quantitative estimate of drug-likeness (QED) is 0.339. The van der Waals surface area contributed by atoms with Gasteiger partial charge in [-0.05, 0) is 41.8 Å². The fourth-order valence-electron chi connectivity index (χ4n) is 3.54. The molecule has 0 saturated carbocycles. The van der Waals surface area contributed by atoms with Gasteiger partial charge in [-0.15, -0.1) is 0 Å². The van der Waals surface area contributed by atoms with Gasteiger partial charge in [0.05, 0.1) is 11.6 Å². The Balaban J connectivity index is 1.53. The van der Waals surface area contributed by atoms with E-state index in [4.69, 9.17) is 5.26 Å². The standard InChI is InChI=1S/C26H36N2/c1-2-3-4-5-6-7-8-9-10-11-12-21-28-26-19-17-25(18-20-26)24-15-13-23(22-27)14-16-24/h13-20,28H,2-12,21H2,1H3. The molecule has 0 aromatic heterocycles. The second-order valence-corrected chi connectivity index (χ2v) is 7.73. The summed E-state index contributed by atoms with van der Waals surface area (Å²) in [6.45, 7) is 3.33. The van der Waals surface area contributed by atoms with Crippen LogP contribution in [-0.2, 0) is 0 Å². The summed E-state index contributed by atoms with van der Waals surface area (Å²) < 4.78 is 0. The summed E-state index contributed by atoms with van der Waals surface area (Å²) in [4.78, 5) is 0. The van der Waals surface area contributed by atoms with Crippen LogP contribution in [0, 0.1) is 11.3 Å². The predicted molar refractivity (Wildman–Crippen MR) is 122 cm³/mol. The highest BCUT2D eigenvalue weighted by molar-refractivity contribution is 5.66. The molecule has 1 N–H and O–H groups in total. The van der Waals surface area contributed by atoms with Gasteiger partial charge in [-0.1, -0.05) is 95.4 Å². The van der Waals surface area contributed by atoms with Crippen LogP contribution in [0.2, 0.25) is 0 Å². The molecule has 0 amide bonds. The summed E-state index contributed by atoms with van der Waals surface area (Å²) in [5, 5.41) is 12.4. The van der Waals surface area contributed by atoms with Crippen molar-refractivity contribution in [3.05, 3.63) is 54.1 Å². The maximum atomic E-state index is 8.89. The van der Waals surface area contributed by atoms with Gasteiger partial charge < -0.3 is 5.32 Å². The predicted octanol–water partition coefficient (Wildman–Crippen LogP) is 7.95. The van der Waals surface area contributed by atoms with Gasteiger partial charge in [-0.3, -0.25) is 0 Å². The summed E-state index contributed by atoms with van der Waals surface area (Å²) in [5.41, 5.74) is 4.22. The van der Waals surface area contributed by atoms with Crippen LogP contribution in [0.3, 0.4) is 0 Å². The van der Waals surface area contributed by atoms with Gasteiger partial charge in [0.1, 0.15) is 0 Å². The summed E-state index contributed by atoms with van der Waals surface area (Å²) in [6.07, 6.45) is 15.2. The van der Waals surface area contributed by atoms with Crippen LogP contribution in [0.15, 0.2) is 48.5 Å². The SMILES string of the molecule is CCCCCCCCCCCCCNc1ccc(-c2ccc(C#N)cc2)cc1. The molecule has 150 valence electrons. The van der Waals surface area contributed by atoms with Gasteiger partial charge in [0, 0.05) is 12.2 Å². The van der Waals surface area contributed by atoms with Crippen LogP contribution in [0.25, 0.3) is 11.1 Å². The summed E-state index contributed by atoms with van der Waals surface area (Å²) in [7, 11) is 0. The van der Waals surface area contributed by atoms with Gasteiger partial charge in [0.25, 0.3) is 0 Å². The topological polar surface area (TPSA) is 35.8 Å². The zero-order chi connectivity index (χ0) is 19.9. The van der Waals surface area contributed by atoms with Gasteiger partial charge in [0.15, 0.2) is 0 Å². The van der Waals surface area contributed by atoms with E-state index in [1.807, 2.05) is 24.3 Å². The first-order chi connectivity index (χ1) is 13.8. The first-order valence-electron chi connectivity index (χ1n) is 11.2. The molecule has 0 aliphatic rings. The molecular weight excluding hydrogens is 340 g/mol. The number of anilines is 1. The number of benzene rings is 2. The van der Waals surface area contributed by atoms with E-state index in [1.165, 1.54) is 81.9 Å². The van der Waals surface area contributed by atoms with Crippen LogP contribution in [0.4, 0.5) is 5.69 Å². The van der Waals surface area contributed by atoms with Gasteiger partial charge >= 0.3 is 0 Å². The number of unbranched alkanes of at least 4 members (excludes halogenated alkanes) is 10. The highest BCUT2D eigenvalue weighted by Gasteiger charge is 1.99. The van der Waals surface area contributed by atoms with Crippen molar-refractivity contribution in [2.75, 3.05) is 11.9 Å². The molecule has 2 aromatic rings. The minimum absolute atomic E-state index is 0.703. The van der Waals surface area contributed by atoms with Crippen LogP contribution in [-0.4, -0.2) is 6.54 Å². The number of hydrogen-bond acceptors (Lipinski definition) is 2. The monoisotopic (exact) mass is 376 g/mol. The molecule has 0 atom stereocenters. The lowest BCUT2D eigenvalue weighted by molar-refractivity contribution is 0.552. The lowest BCUT2D eigenvalue weighted by Gasteiger charge is -2.08. The van der Waals surface area contributed by atoms with Crippen molar-refractivity contribution in [2.45, 2.75) is 77.6 Å². The summed E-state index contributed by atoms with van der Waals surface area (Å²) >= 11 is 0. The molecule has 2 heteroatoms. The minimum Gasteiger partial charge on any atom is -0.385 e. The van der Waals surface area contributed by atoms with E-state index in [0.717, 1.165) is 12.1 Å². The molecule has 0 spiro atoms. The molecule has 0 bridgehead atoms.